The molecule has 1 aliphatic heterocycles. The second kappa shape index (κ2) is 14.0. The van der Waals surface area contributed by atoms with Gasteiger partial charge in [-0.05, 0) is 85.4 Å². The minimum atomic E-state index is -0.0694. The lowest BCUT2D eigenvalue weighted by molar-refractivity contribution is -0.112. The molecule has 0 aliphatic carbocycles. The van der Waals surface area contributed by atoms with E-state index in [0.29, 0.717) is 17.5 Å². The third kappa shape index (κ3) is 8.03. The Morgan fingerprint density at radius 1 is 1.14 bits per heavy atom. The van der Waals surface area contributed by atoms with Crippen LogP contribution in [0.3, 0.4) is 0 Å². The largest absolute Gasteiger partial charge is 0.322 e. The number of amides is 1. The van der Waals surface area contributed by atoms with Crippen molar-refractivity contribution in [3.05, 3.63) is 76.6 Å². The van der Waals surface area contributed by atoms with Crippen molar-refractivity contribution in [2.24, 2.45) is 5.92 Å². The van der Waals surface area contributed by atoms with Gasteiger partial charge in [0.15, 0.2) is 0 Å². The summed E-state index contributed by atoms with van der Waals surface area (Å²) in [6, 6.07) is 17.2. The van der Waals surface area contributed by atoms with Gasteiger partial charge in [-0.15, -0.1) is 11.8 Å². The van der Waals surface area contributed by atoms with Crippen LogP contribution >= 0.6 is 23.5 Å². The number of nitrogens with one attached hydrogen (secondary N) is 1. The predicted octanol–water partition coefficient (Wildman–Crippen LogP) is 7.86. The van der Waals surface area contributed by atoms with Gasteiger partial charge in [-0.25, -0.2) is 0 Å². The molecule has 3 nitrogen and oxygen atoms in total. The summed E-state index contributed by atoms with van der Waals surface area (Å²) in [5.74, 6) is 2.84. The summed E-state index contributed by atoms with van der Waals surface area (Å²) in [7, 11) is 0. The number of hydrogen-bond donors (Lipinski definition) is 1. The third-order valence-electron chi connectivity index (χ3n) is 6.77. The van der Waals surface area contributed by atoms with E-state index in [9.17, 15) is 4.79 Å². The summed E-state index contributed by atoms with van der Waals surface area (Å²) in [4.78, 5) is 16.7. The molecule has 0 saturated carbocycles. The number of thioether (sulfide) groups is 2. The number of benzene rings is 2. The third-order valence-corrected chi connectivity index (χ3v) is 9.00. The number of allylic oxidation sites excluding steroid dienone is 1. The highest BCUT2D eigenvalue weighted by molar-refractivity contribution is 8.05. The van der Waals surface area contributed by atoms with E-state index in [2.05, 4.69) is 67.9 Å². The topological polar surface area (TPSA) is 32.3 Å². The summed E-state index contributed by atoms with van der Waals surface area (Å²) in [5, 5.41) is 5.08. The number of carbonyl (C=O) groups excluding carboxylic acids is 1. The molecule has 2 aromatic carbocycles. The summed E-state index contributed by atoms with van der Waals surface area (Å²) in [6.45, 7) is 15.2. The molecular weight excluding hydrogens is 468 g/mol. The number of piperidine rings is 1. The van der Waals surface area contributed by atoms with Crippen LogP contribution in [0.1, 0.15) is 46.1 Å². The molecule has 1 unspecified atom stereocenters. The number of carbonyl (C=O) groups is 1. The molecule has 1 amide bonds. The van der Waals surface area contributed by atoms with Crippen molar-refractivity contribution in [2.45, 2.75) is 53.0 Å². The van der Waals surface area contributed by atoms with Gasteiger partial charge in [0.1, 0.15) is 0 Å². The molecule has 0 spiro atoms. The molecule has 3 rings (SSSR count). The first-order chi connectivity index (χ1) is 16.9. The normalized spacial score (nSPS) is 16.2. The highest BCUT2D eigenvalue weighted by Gasteiger charge is 2.24. The van der Waals surface area contributed by atoms with Crippen LogP contribution in [-0.2, 0) is 11.2 Å². The van der Waals surface area contributed by atoms with Crippen molar-refractivity contribution >= 4 is 35.1 Å². The second-order valence-electron chi connectivity index (χ2n) is 9.25. The average Bonchev–Trinajstić information content (AvgIpc) is 2.90. The Hall–Kier alpha value is -1.95. The number of para-hydroxylation sites is 1. The van der Waals surface area contributed by atoms with Crippen LogP contribution in [0.2, 0.25) is 0 Å². The van der Waals surface area contributed by atoms with Crippen molar-refractivity contribution in [2.75, 3.05) is 29.9 Å². The van der Waals surface area contributed by atoms with Crippen LogP contribution in [0.4, 0.5) is 5.69 Å². The van der Waals surface area contributed by atoms with Crippen molar-refractivity contribution in [3.63, 3.8) is 0 Å². The van der Waals surface area contributed by atoms with Gasteiger partial charge in [0, 0.05) is 28.6 Å². The molecule has 1 fully saturated rings. The van der Waals surface area contributed by atoms with Crippen LogP contribution in [0.15, 0.2) is 71.0 Å². The Kier molecular flexibility index (Phi) is 11.0. The van der Waals surface area contributed by atoms with Crippen LogP contribution in [0, 0.1) is 5.92 Å². The maximum Gasteiger partial charge on any atom is 0.251 e. The maximum absolute atomic E-state index is 13.0. The highest BCUT2D eigenvalue weighted by atomic mass is 32.2. The Labute approximate surface area is 220 Å². The molecule has 0 aromatic heterocycles. The first kappa shape index (κ1) is 27.6. The molecule has 1 N–H and O–H groups in total. The van der Waals surface area contributed by atoms with Gasteiger partial charge in [-0.2, -0.15) is 11.8 Å². The molecule has 0 radical (unpaired) electrons. The zero-order valence-electron chi connectivity index (χ0n) is 21.7. The molecule has 1 heterocycles. The maximum atomic E-state index is 13.0. The summed E-state index contributed by atoms with van der Waals surface area (Å²) >= 11 is 3.64. The summed E-state index contributed by atoms with van der Waals surface area (Å²) < 4.78 is 0. The molecule has 5 heteroatoms. The lowest BCUT2D eigenvalue weighted by Crippen LogP contribution is -2.41. The van der Waals surface area contributed by atoms with E-state index in [1.807, 2.05) is 42.3 Å². The molecule has 35 heavy (non-hydrogen) atoms. The lowest BCUT2D eigenvalue weighted by atomic mass is 9.96. The second-order valence-corrected chi connectivity index (χ2v) is 11.6. The van der Waals surface area contributed by atoms with E-state index in [0.717, 1.165) is 49.2 Å². The Morgan fingerprint density at radius 3 is 2.49 bits per heavy atom. The summed E-state index contributed by atoms with van der Waals surface area (Å²) in [6.07, 6.45) is 3.31. The minimum absolute atomic E-state index is 0.0694. The van der Waals surface area contributed by atoms with Crippen molar-refractivity contribution in [1.29, 1.82) is 0 Å². The van der Waals surface area contributed by atoms with Gasteiger partial charge in [0.05, 0.1) is 0 Å². The van der Waals surface area contributed by atoms with Gasteiger partial charge in [-0.1, -0.05) is 62.9 Å². The van der Waals surface area contributed by atoms with Gasteiger partial charge >= 0.3 is 0 Å². The molecule has 0 bridgehead atoms. The van der Waals surface area contributed by atoms with E-state index >= 15 is 0 Å². The molecular formula is C30H40N2OS2. The number of likely N-dealkylation sites (tertiary alicyclic amines) is 1. The fourth-order valence-corrected chi connectivity index (χ4v) is 6.01. The number of aryl methyl sites for hydroxylation is 1. The van der Waals surface area contributed by atoms with E-state index in [-0.39, 0.29) is 5.91 Å². The standard InChI is InChI=1S/C30H40N2OS2/c1-6-25-12-14-27(15-13-25)28-10-8-9-11-29(28)31-30(33)22(3)20-35-24(5)26-16-18-32(19-17-26)23(4)21-34-7-2/h8-15,20,23,26H,5-7,16-19,21H2,1-4H3,(H,31,33)/b22-20+. The fourth-order valence-electron chi connectivity index (χ4n) is 4.35. The molecule has 2 aromatic rings. The highest BCUT2D eigenvalue weighted by Crippen LogP contribution is 2.33. The monoisotopic (exact) mass is 508 g/mol. The van der Waals surface area contributed by atoms with Crippen molar-refractivity contribution in [3.8, 4) is 11.1 Å². The molecule has 1 atom stereocenters. The van der Waals surface area contributed by atoms with Crippen LogP contribution < -0.4 is 5.32 Å². The Morgan fingerprint density at radius 2 is 1.83 bits per heavy atom. The Bertz CT molecular complexity index is 1010. The average molecular weight is 509 g/mol. The van der Waals surface area contributed by atoms with Crippen molar-refractivity contribution < 1.29 is 4.79 Å². The van der Waals surface area contributed by atoms with E-state index < -0.39 is 0 Å². The van der Waals surface area contributed by atoms with Crippen LogP contribution in [0.25, 0.3) is 11.1 Å². The molecule has 1 saturated heterocycles. The van der Waals surface area contributed by atoms with Crippen LogP contribution in [0.5, 0.6) is 0 Å². The fraction of sp³-hybridized carbons (Fsp3) is 0.433. The number of nitrogens with zero attached hydrogens (tertiary/aromatic N) is 1. The van der Waals surface area contributed by atoms with Gasteiger partial charge < -0.3 is 5.32 Å². The smallest absolute Gasteiger partial charge is 0.251 e. The van der Waals surface area contributed by atoms with E-state index in [1.165, 1.54) is 22.0 Å². The van der Waals surface area contributed by atoms with Crippen molar-refractivity contribution in [1.82, 2.24) is 4.90 Å². The SMILES string of the molecule is C=C(S/C=C(\C)C(=O)Nc1ccccc1-c1ccc(CC)cc1)C1CCN(C(C)CSCC)CC1. The lowest BCUT2D eigenvalue weighted by Gasteiger charge is -2.36. The molecule has 188 valence electrons. The van der Waals surface area contributed by atoms with E-state index in [1.54, 1.807) is 11.8 Å². The predicted molar refractivity (Wildman–Crippen MR) is 157 cm³/mol. The Balaban J connectivity index is 1.55. The van der Waals surface area contributed by atoms with E-state index in [4.69, 9.17) is 0 Å². The zero-order chi connectivity index (χ0) is 25.2. The zero-order valence-corrected chi connectivity index (χ0v) is 23.3. The first-order valence-electron chi connectivity index (χ1n) is 12.8. The molecule has 1 aliphatic rings. The van der Waals surface area contributed by atoms with Gasteiger partial charge in [-0.3, -0.25) is 9.69 Å². The number of hydrogen-bond acceptors (Lipinski definition) is 4. The van der Waals surface area contributed by atoms with Gasteiger partial charge in [0.2, 0.25) is 0 Å². The number of anilines is 1. The number of rotatable bonds is 11. The minimum Gasteiger partial charge on any atom is -0.322 e. The summed E-state index contributed by atoms with van der Waals surface area (Å²) in [5.41, 5.74) is 4.99. The van der Waals surface area contributed by atoms with Crippen LogP contribution in [-0.4, -0.2) is 41.4 Å². The van der Waals surface area contributed by atoms with Gasteiger partial charge in [0.25, 0.3) is 5.91 Å². The quantitative estimate of drug-likeness (QED) is 0.313. The first-order valence-corrected chi connectivity index (χ1v) is 14.8.